The van der Waals surface area contributed by atoms with Crippen molar-refractivity contribution in [3.8, 4) is 6.07 Å². The highest BCUT2D eigenvalue weighted by molar-refractivity contribution is 5.78. The van der Waals surface area contributed by atoms with E-state index in [4.69, 9.17) is 10.2 Å². The van der Waals surface area contributed by atoms with Crippen LogP contribution in [0.1, 0.15) is 61.9 Å². The number of nitrogens with zero attached hydrogens (tertiary/aromatic N) is 3. The lowest BCUT2D eigenvalue weighted by Gasteiger charge is -2.07. The van der Waals surface area contributed by atoms with E-state index in [0.29, 0.717) is 12.0 Å². The van der Waals surface area contributed by atoms with E-state index in [9.17, 15) is 0 Å². The summed E-state index contributed by atoms with van der Waals surface area (Å²) in [5.74, 6) is 3.82. The number of fused-ring (bicyclic) bond motifs is 2. The second kappa shape index (κ2) is 4.10. The van der Waals surface area contributed by atoms with E-state index in [1.165, 1.54) is 49.9 Å². The molecule has 2 unspecified atom stereocenters. The van der Waals surface area contributed by atoms with Crippen LogP contribution in [0.2, 0.25) is 0 Å². The molecule has 3 aliphatic carbocycles. The fourth-order valence-electron chi connectivity index (χ4n) is 4.51. The normalized spacial score (nSPS) is 30.9. The summed E-state index contributed by atoms with van der Waals surface area (Å²) in [6.45, 7) is 0. The Morgan fingerprint density at radius 1 is 1.10 bits per heavy atom. The van der Waals surface area contributed by atoms with Crippen molar-refractivity contribution in [3.05, 3.63) is 29.6 Å². The number of hydrogen-bond acceptors (Lipinski definition) is 2. The number of benzene rings is 1. The van der Waals surface area contributed by atoms with Gasteiger partial charge in [0.15, 0.2) is 0 Å². The molecule has 0 bridgehead atoms. The molecule has 2 atom stereocenters. The third kappa shape index (κ3) is 1.68. The first kappa shape index (κ1) is 11.8. The van der Waals surface area contributed by atoms with Crippen molar-refractivity contribution in [1.82, 2.24) is 9.55 Å². The first-order valence-corrected chi connectivity index (χ1v) is 8.29. The SMILES string of the molecule is N#Cc1ccc2c(c1)nc(C1C3CCCCC31)n2C1CC1. The largest absolute Gasteiger partial charge is 0.325 e. The molecule has 5 rings (SSSR count). The molecular weight excluding hydrogens is 258 g/mol. The lowest BCUT2D eigenvalue weighted by atomic mass is 10.0. The summed E-state index contributed by atoms with van der Waals surface area (Å²) in [4.78, 5) is 4.98. The van der Waals surface area contributed by atoms with Crippen LogP contribution in [0.15, 0.2) is 18.2 Å². The Kier molecular flexibility index (Phi) is 2.30. The molecular formula is C18H19N3. The highest BCUT2D eigenvalue weighted by Crippen LogP contribution is 2.62. The monoisotopic (exact) mass is 277 g/mol. The number of nitriles is 1. The van der Waals surface area contributed by atoms with Gasteiger partial charge in [-0.25, -0.2) is 4.98 Å². The topological polar surface area (TPSA) is 41.6 Å². The van der Waals surface area contributed by atoms with Crippen LogP contribution in [-0.4, -0.2) is 9.55 Å². The average Bonchev–Trinajstić information content (AvgIpc) is 3.43. The summed E-state index contributed by atoms with van der Waals surface area (Å²) in [6, 6.07) is 8.91. The lowest BCUT2D eigenvalue weighted by Crippen LogP contribution is -2.01. The molecule has 3 aliphatic rings. The van der Waals surface area contributed by atoms with Gasteiger partial charge in [0.25, 0.3) is 0 Å². The molecule has 3 saturated carbocycles. The predicted molar refractivity (Wildman–Crippen MR) is 80.9 cm³/mol. The zero-order valence-corrected chi connectivity index (χ0v) is 12.1. The van der Waals surface area contributed by atoms with E-state index in [2.05, 4.69) is 16.7 Å². The zero-order valence-electron chi connectivity index (χ0n) is 12.1. The molecule has 2 aromatic rings. The van der Waals surface area contributed by atoms with Gasteiger partial charge in [0.2, 0.25) is 0 Å². The Hall–Kier alpha value is -1.82. The summed E-state index contributed by atoms with van der Waals surface area (Å²) >= 11 is 0. The summed E-state index contributed by atoms with van der Waals surface area (Å²) < 4.78 is 2.51. The molecule has 3 nitrogen and oxygen atoms in total. The van der Waals surface area contributed by atoms with Gasteiger partial charge in [-0.1, -0.05) is 12.8 Å². The van der Waals surface area contributed by atoms with Crippen molar-refractivity contribution in [2.24, 2.45) is 11.8 Å². The summed E-state index contributed by atoms with van der Waals surface area (Å²) in [5, 5.41) is 9.10. The molecule has 0 saturated heterocycles. The van der Waals surface area contributed by atoms with Crippen LogP contribution in [0, 0.1) is 23.2 Å². The third-order valence-corrected chi connectivity index (χ3v) is 5.71. The molecule has 3 fully saturated rings. The number of imidazole rings is 1. The molecule has 1 aromatic heterocycles. The molecule has 0 radical (unpaired) electrons. The number of rotatable bonds is 2. The van der Waals surface area contributed by atoms with Gasteiger partial charge in [-0.3, -0.25) is 0 Å². The molecule has 3 heteroatoms. The van der Waals surface area contributed by atoms with Gasteiger partial charge in [-0.05, 0) is 55.7 Å². The van der Waals surface area contributed by atoms with Crippen molar-refractivity contribution in [2.45, 2.75) is 50.5 Å². The molecule has 1 heterocycles. The first-order valence-electron chi connectivity index (χ1n) is 8.29. The Morgan fingerprint density at radius 3 is 2.52 bits per heavy atom. The van der Waals surface area contributed by atoms with Crippen molar-refractivity contribution >= 4 is 11.0 Å². The molecule has 0 spiro atoms. The highest BCUT2D eigenvalue weighted by atomic mass is 15.1. The Labute approximate surface area is 124 Å². The maximum absolute atomic E-state index is 9.10. The third-order valence-electron chi connectivity index (χ3n) is 5.71. The van der Waals surface area contributed by atoms with Gasteiger partial charge in [0.05, 0.1) is 22.7 Å². The van der Waals surface area contributed by atoms with Gasteiger partial charge in [-0.2, -0.15) is 5.26 Å². The van der Waals surface area contributed by atoms with Gasteiger partial charge in [0.1, 0.15) is 5.82 Å². The Morgan fingerprint density at radius 2 is 1.86 bits per heavy atom. The summed E-state index contributed by atoms with van der Waals surface area (Å²) in [6.07, 6.45) is 8.18. The maximum Gasteiger partial charge on any atom is 0.113 e. The van der Waals surface area contributed by atoms with Gasteiger partial charge in [-0.15, -0.1) is 0 Å². The van der Waals surface area contributed by atoms with Crippen LogP contribution in [0.3, 0.4) is 0 Å². The van der Waals surface area contributed by atoms with Crippen LogP contribution >= 0.6 is 0 Å². The maximum atomic E-state index is 9.10. The molecule has 106 valence electrons. The Balaban J connectivity index is 1.65. The van der Waals surface area contributed by atoms with Crippen molar-refractivity contribution < 1.29 is 0 Å². The lowest BCUT2D eigenvalue weighted by molar-refractivity contribution is 0.480. The highest BCUT2D eigenvalue weighted by Gasteiger charge is 2.54. The van der Waals surface area contributed by atoms with E-state index in [-0.39, 0.29) is 0 Å². The quantitative estimate of drug-likeness (QED) is 0.827. The van der Waals surface area contributed by atoms with E-state index in [0.717, 1.165) is 22.9 Å². The van der Waals surface area contributed by atoms with E-state index < -0.39 is 0 Å². The van der Waals surface area contributed by atoms with Gasteiger partial charge in [0, 0.05) is 12.0 Å². The average molecular weight is 277 g/mol. The van der Waals surface area contributed by atoms with Gasteiger partial charge >= 0.3 is 0 Å². The van der Waals surface area contributed by atoms with E-state index in [1.807, 2.05) is 12.1 Å². The van der Waals surface area contributed by atoms with Crippen molar-refractivity contribution in [2.75, 3.05) is 0 Å². The number of hydrogen-bond donors (Lipinski definition) is 0. The molecule has 0 amide bonds. The second-order valence-corrected chi connectivity index (χ2v) is 7.02. The minimum atomic E-state index is 0.667. The summed E-state index contributed by atoms with van der Waals surface area (Å²) in [7, 11) is 0. The van der Waals surface area contributed by atoms with Gasteiger partial charge < -0.3 is 4.57 Å². The first-order chi connectivity index (χ1) is 10.4. The minimum Gasteiger partial charge on any atom is -0.325 e. The number of aromatic nitrogens is 2. The molecule has 21 heavy (non-hydrogen) atoms. The summed E-state index contributed by atoms with van der Waals surface area (Å²) in [5.41, 5.74) is 3.00. The second-order valence-electron chi connectivity index (χ2n) is 7.02. The van der Waals surface area contributed by atoms with Crippen LogP contribution in [0.25, 0.3) is 11.0 Å². The fourth-order valence-corrected chi connectivity index (χ4v) is 4.51. The van der Waals surface area contributed by atoms with E-state index in [1.54, 1.807) is 0 Å². The Bertz CT molecular complexity index is 751. The smallest absolute Gasteiger partial charge is 0.113 e. The fraction of sp³-hybridized carbons (Fsp3) is 0.556. The minimum absolute atomic E-state index is 0.667. The van der Waals surface area contributed by atoms with Crippen LogP contribution < -0.4 is 0 Å². The van der Waals surface area contributed by atoms with Crippen LogP contribution in [0.5, 0.6) is 0 Å². The predicted octanol–water partition coefficient (Wildman–Crippen LogP) is 4.15. The van der Waals surface area contributed by atoms with E-state index >= 15 is 0 Å². The van der Waals surface area contributed by atoms with Crippen LogP contribution in [-0.2, 0) is 0 Å². The molecule has 1 aromatic carbocycles. The van der Waals surface area contributed by atoms with Crippen molar-refractivity contribution in [3.63, 3.8) is 0 Å². The standard InChI is InChI=1S/C18H19N3/c19-10-11-5-8-16-15(9-11)20-18(21(16)12-6-7-12)17-13-3-1-2-4-14(13)17/h5,8-9,12-14,17H,1-4,6-7H2. The molecule has 0 N–H and O–H groups in total. The zero-order chi connectivity index (χ0) is 14.0. The molecule has 0 aliphatic heterocycles. The van der Waals surface area contributed by atoms with Crippen LogP contribution in [0.4, 0.5) is 0 Å². The van der Waals surface area contributed by atoms with Crippen molar-refractivity contribution in [1.29, 1.82) is 5.26 Å².